The summed E-state index contributed by atoms with van der Waals surface area (Å²) in [6, 6.07) is 21.0. The molecule has 0 aromatic heterocycles. The molecule has 82 valence electrons. The van der Waals surface area contributed by atoms with Crippen LogP contribution in [0.4, 0.5) is 4.39 Å². The van der Waals surface area contributed by atoms with Gasteiger partial charge in [0, 0.05) is 0 Å². The molecule has 0 saturated carbocycles. The zero-order chi connectivity index (χ0) is 11.7. The van der Waals surface area contributed by atoms with Crippen molar-refractivity contribution in [1.82, 2.24) is 0 Å². The van der Waals surface area contributed by atoms with Crippen molar-refractivity contribution in [3.05, 3.63) is 72.5 Å². The summed E-state index contributed by atoms with van der Waals surface area (Å²) in [4.78, 5) is 0. The van der Waals surface area contributed by atoms with E-state index in [0.29, 0.717) is 0 Å². The van der Waals surface area contributed by atoms with Crippen LogP contribution >= 0.6 is 0 Å². The van der Waals surface area contributed by atoms with Gasteiger partial charge in [-0.25, -0.2) is 4.39 Å². The summed E-state index contributed by atoms with van der Waals surface area (Å²) < 4.78 is 12.9. The van der Waals surface area contributed by atoms with Gasteiger partial charge in [-0.1, -0.05) is 54.6 Å². The van der Waals surface area contributed by atoms with Crippen LogP contribution < -0.4 is 0 Å². The standard InChI is InChI=1S/C16H11F/c17-14-10-8-13(9-11-14)16-7-3-5-12-4-1-2-6-15(12)16/h1-11H/i17-1. The number of hydrogen-bond acceptors (Lipinski definition) is 0. The maximum absolute atomic E-state index is 12.9. The molecule has 0 heterocycles. The molecule has 0 nitrogen and oxygen atoms in total. The Morgan fingerprint density at radius 1 is 0.647 bits per heavy atom. The number of benzene rings is 3. The molecule has 1 heteroatoms. The second-order valence-corrected chi connectivity index (χ2v) is 4.03. The lowest BCUT2D eigenvalue weighted by Crippen LogP contribution is -1.81. The second kappa shape index (κ2) is 4.02. The van der Waals surface area contributed by atoms with Crippen molar-refractivity contribution in [3.8, 4) is 11.1 Å². The Morgan fingerprint density at radius 2 is 1.35 bits per heavy atom. The first-order valence-corrected chi connectivity index (χ1v) is 5.58. The van der Waals surface area contributed by atoms with E-state index in [1.165, 1.54) is 22.9 Å². The second-order valence-electron chi connectivity index (χ2n) is 4.03. The number of fused-ring (bicyclic) bond motifs is 1. The molecular formula is C16H11F. The lowest BCUT2D eigenvalue weighted by molar-refractivity contribution is 0.628. The fourth-order valence-electron chi connectivity index (χ4n) is 2.11. The van der Waals surface area contributed by atoms with Crippen LogP contribution in [0.5, 0.6) is 0 Å². The highest BCUT2D eigenvalue weighted by Crippen LogP contribution is 2.28. The summed E-state index contributed by atoms with van der Waals surface area (Å²) in [6.45, 7) is 0. The Labute approximate surface area is 99.3 Å². The zero-order valence-electron chi connectivity index (χ0n) is 9.23. The molecular weight excluding hydrogens is 210 g/mol. The molecule has 3 aromatic carbocycles. The predicted molar refractivity (Wildman–Crippen MR) is 69.3 cm³/mol. The molecule has 0 radical (unpaired) electrons. The summed E-state index contributed by atoms with van der Waals surface area (Å²) in [6.07, 6.45) is 0. The molecule has 3 rings (SSSR count). The van der Waals surface area contributed by atoms with Gasteiger partial charge in [0.2, 0.25) is 0 Å². The number of hydrogen-bond donors (Lipinski definition) is 0. The summed E-state index contributed by atoms with van der Waals surface area (Å²) >= 11 is 0. The highest BCUT2D eigenvalue weighted by atomic mass is 18.2. The van der Waals surface area contributed by atoms with E-state index in [4.69, 9.17) is 0 Å². The van der Waals surface area contributed by atoms with Crippen molar-refractivity contribution in [3.63, 3.8) is 0 Å². The molecule has 17 heavy (non-hydrogen) atoms. The number of halogens is 1. The minimum Gasteiger partial charge on any atom is -0.207 e. The van der Waals surface area contributed by atoms with E-state index >= 15 is 0 Å². The first-order chi connectivity index (χ1) is 8.34. The van der Waals surface area contributed by atoms with Crippen molar-refractivity contribution in [2.45, 2.75) is 0 Å². The normalized spacial score (nSPS) is 10.6. The third-order valence-electron chi connectivity index (χ3n) is 2.94. The van der Waals surface area contributed by atoms with E-state index in [0.717, 1.165) is 11.1 Å². The summed E-state index contributed by atoms with van der Waals surface area (Å²) in [7, 11) is 0. The molecule has 0 aliphatic rings. The van der Waals surface area contributed by atoms with Crippen LogP contribution in [0.2, 0.25) is 0 Å². The van der Waals surface area contributed by atoms with Gasteiger partial charge < -0.3 is 0 Å². The Hall–Kier alpha value is -2.15. The summed E-state index contributed by atoms with van der Waals surface area (Å²) in [5.41, 5.74) is 2.19. The Bertz CT molecular complexity index is 648. The zero-order valence-corrected chi connectivity index (χ0v) is 9.23. The minimum atomic E-state index is -0.200. The number of rotatable bonds is 1. The van der Waals surface area contributed by atoms with Gasteiger partial charge in [0.05, 0.1) is 0 Å². The molecule has 0 bridgehead atoms. The van der Waals surface area contributed by atoms with Crippen LogP contribution in [-0.4, -0.2) is 0 Å². The fourth-order valence-corrected chi connectivity index (χ4v) is 2.11. The van der Waals surface area contributed by atoms with Gasteiger partial charge in [0.25, 0.3) is 0 Å². The van der Waals surface area contributed by atoms with Crippen molar-refractivity contribution < 1.29 is 4.39 Å². The maximum Gasteiger partial charge on any atom is 0.123 e. The molecule has 0 aliphatic heterocycles. The molecule has 0 unspecified atom stereocenters. The van der Waals surface area contributed by atoms with Gasteiger partial charge >= 0.3 is 0 Å². The molecule has 3 aromatic rings. The summed E-state index contributed by atoms with van der Waals surface area (Å²) in [5, 5.41) is 2.40. The van der Waals surface area contributed by atoms with Gasteiger partial charge in [-0.15, -0.1) is 0 Å². The van der Waals surface area contributed by atoms with E-state index in [1.54, 1.807) is 0 Å². The van der Waals surface area contributed by atoms with Crippen molar-refractivity contribution >= 4 is 10.8 Å². The van der Waals surface area contributed by atoms with Crippen LogP contribution in [0.15, 0.2) is 66.7 Å². The first-order valence-electron chi connectivity index (χ1n) is 5.58. The van der Waals surface area contributed by atoms with E-state index in [1.807, 2.05) is 30.3 Å². The van der Waals surface area contributed by atoms with Crippen molar-refractivity contribution in [2.24, 2.45) is 0 Å². The molecule has 0 N–H and O–H groups in total. The minimum absolute atomic E-state index is 0.200. The predicted octanol–water partition coefficient (Wildman–Crippen LogP) is 4.65. The van der Waals surface area contributed by atoms with E-state index < -0.39 is 0 Å². The van der Waals surface area contributed by atoms with E-state index in [-0.39, 0.29) is 5.82 Å². The molecule has 0 amide bonds. The van der Waals surface area contributed by atoms with Crippen LogP contribution in [-0.2, 0) is 0 Å². The van der Waals surface area contributed by atoms with Crippen molar-refractivity contribution in [2.75, 3.05) is 0 Å². The molecule has 0 aliphatic carbocycles. The van der Waals surface area contributed by atoms with Gasteiger partial charge in [0.1, 0.15) is 5.82 Å². The topological polar surface area (TPSA) is 0 Å². The average Bonchev–Trinajstić information content (AvgIpc) is 2.39. The average molecular weight is 221 g/mol. The molecule has 0 spiro atoms. The largest absolute Gasteiger partial charge is 0.207 e. The molecule has 0 saturated heterocycles. The van der Waals surface area contributed by atoms with Gasteiger partial charge in [-0.2, -0.15) is 0 Å². The quantitative estimate of drug-likeness (QED) is 0.561. The Kier molecular flexibility index (Phi) is 2.37. The monoisotopic (exact) mass is 221 g/mol. The maximum atomic E-state index is 12.9. The first kappa shape index (κ1) is 10.0. The SMILES string of the molecule is [18F]c1ccc(-c2cccc3ccccc23)cc1. The lowest BCUT2D eigenvalue weighted by atomic mass is 9.98. The van der Waals surface area contributed by atoms with Crippen LogP contribution in [0, 0.1) is 5.82 Å². The summed E-state index contributed by atoms with van der Waals surface area (Å²) in [5.74, 6) is -0.200. The van der Waals surface area contributed by atoms with Crippen molar-refractivity contribution in [1.29, 1.82) is 0 Å². The fraction of sp³-hybridized carbons (Fsp3) is 0. The Morgan fingerprint density at radius 3 is 2.18 bits per heavy atom. The van der Waals surface area contributed by atoms with E-state index in [9.17, 15) is 4.39 Å². The lowest BCUT2D eigenvalue weighted by Gasteiger charge is -2.06. The molecule has 0 atom stereocenters. The highest BCUT2D eigenvalue weighted by molar-refractivity contribution is 5.96. The van der Waals surface area contributed by atoms with Gasteiger partial charge in [-0.05, 0) is 34.0 Å². The van der Waals surface area contributed by atoms with Crippen LogP contribution in [0.3, 0.4) is 0 Å². The highest BCUT2D eigenvalue weighted by Gasteiger charge is 2.02. The third kappa shape index (κ3) is 1.80. The van der Waals surface area contributed by atoms with Crippen LogP contribution in [0.1, 0.15) is 0 Å². The van der Waals surface area contributed by atoms with Gasteiger partial charge in [0.15, 0.2) is 0 Å². The smallest absolute Gasteiger partial charge is 0.123 e. The van der Waals surface area contributed by atoms with E-state index in [2.05, 4.69) is 24.3 Å². The third-order valence-corrected chi connectivity index (χ3v) is 2.94. The van der Waals surface area contributed by atoms with Crippen LogP contribution in [0.25, 0.3) is 21.9 Å². The Balaban J connectivity index is 2.27. The molecule has 0 fully saturated rings. The van der Waals surface area contributed by atoms with Gasteiger partial charge in [-0.3, -0.25) is 0 Å².